The fourth-order valence-electron chi connectivity index (χ4n) is 8.86. The molecule has 0 saturated carbocycles. The first kappa shape index (κ1) is 51.0. The summed E-state index contributed by atoms with van der Waals surface area (Å²) < 4.78 is 0. The van der Waals surface area contributed by atoms with Gasteiger partial charge in [-0.3, -0.25) is 0 Å². The van der Waals surface area contributed by atoms with E-state index in [0.717, 1.165) is 49.1 Å². The average Bonchev–Trinajstić information content (AvgIpc) is 3.35. The minimum absolute atomic E-state index is 0.0407. The molecule has 0 radical (unpaired) electrons. The number of rotatable bonds is 12. The SMILES string of the molecule is CN(C)CCCN1c2ccccc2Sc2ccc(Cl)cc21.CN(C)CCCN1c2ccccc2Sc2ccc(Cl)cc21.O=C(O)c1cc2ccccc2c(Cc2c(O)c(C(=O)O)cc3ccccc23)c1O. The second-order valence-electron chi connectivity index (χ2n) is 17.7. The van der Waals surface area contributed by atoms with E-state index in [1.807, 2.05) is 35.7 Å². The Morgan fingerprint density at radius 3 is 1.25 bits per heavy atom. The number of nitrogens with zero attached hydrogens (tertiary/aromatic N) is 4. The van der Waals surface area contributed by atoms with Crippen LogP contribution < -0.4 is 9.80 Å². The van der Waals surface area contributed by atoms with Gasteiger partial charge in [0.1, 0.15) is 22.6 Å². The van der Waals surface area contributed by atoms with E-state index in [1.165, 1.54) is 54.5 Å². The van der Waals surface area contributed by atoms with E-state index in [-0.39, 0.29) is 17.5 Å². The lowest BCUT2D eigenvalue weighted by atomic mass is 9.90. The number of hydrogen-bond acceptors (Lipinski definition) is 10. The van der Waals surface area contributed by atoms with Crippen molar-refractivity contribution in [1.82, 2.24) is 9.80 Å². The lowest BCUT2D eigenvalue weighted by molar-refractivity contribution is 0.0682. The van der Waals surface area contributed by atoms with Crippen LogP contribution in [0.3, 0.4) is 0 Å². The van der Waals surface area contributed by atoms with Crippen molar-refractivity contribution in [2.24, 2.45) is 0 Å². The molecular weight excluding hydrogens is 972 g/mol. The number of para-hydroxylation sites is 2. The third-order valence-corrected chi connectivity index (χ3v) is 14.9. The lowest BCUT2D eigenvalue weighted by Gasteiger charge is -2.33. The Morgan fingerprint density at radius 2 is 0.859 bits per heavy atom. The number of aromatic hydroxyl groups is 2. The van der Waals surface area contributed by atoms with Crippen molar-refractivity contribution >= 4 is 103 Å². The Balaban J connectivity index is 0.000000146. The van der Waals surface area contributed by atoms with E-state index in [4.69, 9.17) is 23.2 Å². The van der Waals surface area contributed by atoms with E-state index >= 15 is 0 Å². The van der Waals surface area contributed by atoms with Crippen molar-refractivity contribution in [2.45, 2.75) is 38.8 Å². The number of carboxylic acid groups (broad SMARTS) is 2. The van der Waals surface area contributed by atoms with E-state index in [9.17, 15) is 30.0 Å². The van der Waals surface area contributed by atoms with Gasteiger partial charge in [0.05, 0.1) is 22.7 Å². The summed E-state index contributed by atoms with van der Waals surface area (Å²) in [5, 5.41) is 44.4. The smallest absolute Gasteiger partial charge is 0.339 e. The standard InChI is InChI=1S/C23H16O6.2C17H19ClN2S/c24-20-16(14-7-3-1-5-12(14)9-18(20)22(26)27)11-17-15-8-4-2-6-13(15)10-19(21(17)25)23(28)29;2*1-19(2)10-5-11-20-14-6-3-4-7-16(14)21-17-9-8-13(18)12-15(17)20/h1-10,24-25H,11H2,(H,26,27)(H,28,29);2*3-4,6-9,12H,5,10-11H2,1-2H3. The zero-order chi connectivity index (χ0) is 50.3. The minimum atomic E-state index is -1.28. The summed E-state index contributed by atoms with van der Waals surface area (Å²) in [5.41, 5.74) is 5.14. The van der Waals surface area contributed by atoms with Gasteiger partial charge in [0.25, 0.3) is 0 Å². The Morgan fingerprint density at radius 1 is 0.493 bits per heavy atom. The maximum Gasteiger partial charge on any atom is 0.339 e. The predicted octanol–water partition coefficient (Wildman–Crippen LogP) is 14.2. The van der Waals surface area contributed by atoms with Gasteiger partial charge in [-0.05, 0) is 148 Å². The van der Waals surface area contributed by atoms with Crippen LogP contribution >= 0.6 is 46.7 Å². The van der Waals surface area contributed by atoms with Gasteiger partial charge >= 0.3 is 11.9 Å². The largest absolute Gasteiger partial charge is 0.507 e. The zero-order valence-electron chi connectivity index (χ0n) is 39.8. The molecule has 0 atom stereocenters. The highest BCUT2D eigenvalue weighted by atomic mass is 35.5. The van der Waals surface area contributed by atoms with Crippen molar-refractivity contribution < 1.29 is 30.0 Å². The second kappa shape index (κ2) is 22.8. The van der Waals surface area contributed by atoms with Crippen LogP contribution in [0, 0.1) is 0 Å². The molecule has 2 heterocycles. The van der Waals surface area contributed by atoms with Crippen molar-refractivity contribution in [3.8, 4) is 11.5 Å². The van der Waals surface area contributed by atoms with Gasteiger partial charge in [-0.1, -0.05) is 120 Å². The van der Waals surface area contributed by atoms with Gasteiger partial charge in [0.2, 0.25) is 0 Å². The number of halogens is 2. The molecule has 14 heteroatoms. The molecule has 10 nitrogen and oxygen atoms in total. The van der Waals surface area contributed by atoms with Crippen LogP contribution in [0.2, 0.25) is 10.0 Å². The maximum absolute atomic E-state index is 11.6. The molecule has 0 amide bonds. The molecule has 8 aromatic rings. The Labute approximate surface area is 432 Å². The molecule has 364 valence electrons. The summed E-state index contributed by atoms with van der Waals surface area (Å²) in [5.74, 6) is -3.36. The minimum Gasteiger partial charge on any atom is -0.507 e. The van der Waals surface area contributed by atoms with Crippen LogP contribution in [0.1, 0.15) is 44.7 Å². The van der Waals surface area contributed by atoms with Crippen molar-refractivity contribution in [3.63, 3.8) is 0 Å². The van der Waals surface area contributed by atoms with Crippen molar-refractivity contribution in [1.29, 1.82) is 0 Å². The van der Waals surface area contributed by atoms with Crippen LogP contribution in [0.4, 0.5) is 22.7 Å². The number of fused-ring (bicyclic) bond motifs is 6. The second-order valence-corrected chi connectivity index (χ2v) is 20.8. The normalized spacial score (nSPS) is 12.3. The number of aromatic carboxylic acids is 2. The third-order valence-electron chi connectivity index (χ3n) is 12.2. The fraction of sp³-hybridized carbons (Fsp3) is 0.193. The summed E-state index contributed by atoms with van der Waals surface area (Å²) in [7, 11) is 8.46. The molecule has 71 heavy (non-hydrogen) atoms. The Bertz CT molecular complexity index is 3050. The van der Waals surface area contributed by atoms with Crippen molar-refractivity contribution in [3.05, 3.63) is 178 Å². The number of phenols is 2. The third kappa shape index (κ3) is 11.7. The molecule has 0 saturated heterocycles. The number of carboxylic acids is 2. The lowest BCUT2D eigenvalue weighted by Crippen LogP contribution is -2.25. The molecule has 0 aliphatic carbocycles. The van der Waals surface area contributed by atoms with Gasteiger partial charge in [0.15, 0.2) is 0 Å². The van der Waals surface area contributed by atoms with Crippen LogP contribution in [0.5, 0.6) is 11.5 Å². The highest BCUT2D eigenvalue weighted by Gasteiger charge is 2.26. The summed E-state index contributed by atoms with van der Waals surface area (Å²) in [6.45, 7) is 4.18. The molecule has 2 aliphatic heterocycles. The maximum atomic E-state index is 11.6. The summed E-state index contributed by atoms with van der Waals surface area (Å²) in [6, 6.07) is 46.3. The highest BCUT2D eigenvalue weighted by molar-refractivity contribution is 8.00. The fourth-order valence-corrected chi connectivity index (χ4v) is 11.3. The first-order valence-corrected chi connectivity index (χ1v) is 25.5. The zero-order valence-corrected chi connectivity index (χ0v) is 42.9. The van der Waals surface area contributed by atoms with Crippen LogP contribution in [0.25, 0.3) is 21.5 Å². The average molecular weight is 1030 g/mol. The summed E-state index contributed by atoms with van der Waals surface area (Å²) >= 11 is 16.1. The Hall–Kier alpha value is -6.38. The van der Waals surface area contributed by atoms with Crippen molar-refractivity contribution in [2.75, 3.05) is 64.2 Å². The highest BCUT2D eigenvalue weighted by Crippen LogP contribution is 2.50. The summed E-state index contributed by atoms with van der Waals surface area (Å²) in [4.78, 5) is 37.7. The summed E-state index contributed by atoms with van der Waals surface area (Å²) in [6.07, 6.45) is 2.21. The van der Waals surface area contributed by atoms with Gasteiger partial charge in [-0.15, -0.1) is 0 Å². The Kier molecular flexibility index (Phi) is 16.4. The van der Waals surface area contributed by atoms with Gasteiger partial charge in [-0.2, -0.15) is 0 Å². The molecule has 10 rings (SSSR count). The molecule has 8 aromatic carbocycles. The van der Waals surface area contributed by atoms with E-state index in [1.54, 1.807) is 48.5 Å². The molecule has 0 spiro atoms. The molecule has 0 bridgehead atoms. The predicted molar refractivity (Wildman–Crippen MR) is 292 cm³/mol. The molecule has 0 fully saturated rings. The van der Waals surface area contributed by atoms with Crippen LogP contribution in [0.15, 0.2) is 165 Å². The monoisotopic (exact) mass is 1020 g/mol. The number of benzene rings is 8. The topological polar surface area (TPSA) is 128 Å². The molecular formula is C57H54Cl2N4O6S2. The first-order chi connectivity index (χ1) is 34.2. The van der Waals surface area contributed by atoms with E-state index in [0.29, 0.717) is 32.7 Å². The van der Waals surface area contributed by atoms with E-state index < -0.39 is 23.4 Å². The molecule has 0 aromatic heterocycles. The van der Waals surface area contributed by atoms with Gasteiger partial charge in [-0.25, -0.2) is 9.59 Å². The molecule has 2 aliphatic rings. The van der Waals surface area contributed by atoms with Gasteiger partial charge < -0.3 is 40.0 Å². The van der Waals surface area contributed by atoms with E-state index in [2.05, 4.69) is 121 Å². The number of carbonyl (C=O) groups is 2. The van der Waals surface area contributed by atoms with Crippen LogP contribution in [-0.4, -0.2) is 96.5 Å². The van der Waals surface area contributed by atoms with Gasteiger partial charge in [0, 0.05) is 60.3 Å². The molecule has 0 unspecified atom stereocenters. The number of hydrogen-bond donors (Lipinski definition) is 4. The quantitative estimate of drug-likeness (QED) is 0.0930. The number of anilines is 4. The van der Waals surface area contributed by atoms with Crippen LogP contribution in [-0.2, 0) is 6.42 Å². The first-order valence-electron chi connectivity index (χ1n) is 23.1. The molecule has 4 N–H and O–H groups in total.